The molecule has 4 rings (SSSR count). The Balaban J connectivity index is 1.76. The largest absolute Gasteiger partial charge is 0.505 e. The molecule has 0 aliphatic heterocycles. The Morgan fingerprint density at radius 3 is 2.27 bits per heavy atom. The number of aromatic hydroxyl groups is 1. The number of nitrogens with one attached hydrogen (secondary N) is 1. The monoisotopic (exact) mass is 524 g/mol. The van der Waals surface area contributed by atoms with E-state index in [1.165, 1.54) is 24.3 Å². The van der Waals surface area contributed by atoms with Crippen LogP contribution in [-0.4, -0.2) is 19.4 Å². The van der Waals surface area contributed by atoms with E-state index in [1.807, 2.05) is 0 Å². The van der Waals surface area contributed by atoms with E-state index in [9.17, 15) is 18.3 Å². The molecule has 4 aromatic rings. The zero-order valence-corrected chi connectivity index (χ0v) is 19.3. The van der Waals surface area contributed by atoms with E-state index >= 15 is 0 Å². The Bertz CT molecular complexity index is 1500. The first kappa shape index (κ1) is 22.4. The quantitative estimate of drug-likeness (QED) is 0.177. The van der Waals surface area contributed by atoms with Crippen molar-refractivity contribution in [3.8, 4) is 5.75 Å². The van der Waals surface area contributed by atoms with Gasteiger partial charge in [-0.25, -0.2) is 8.42 Å². The van der Waals surface area contributed by atoms with Crippen LogP contribution in [0.4, 0.5) is 17.1 Å². The molecule has 0 saturated heterocycles. The Hall–Kier alpha value is -3.76. The van der Waals surface area contributed by atoms with Gasteiger partial charge in [-0.05, 0) is 42.5 Å². The van der Waals surface area contributed by atoms with Gasteiger partial charge >= 0.3 is 0 Å². The zero-order chi connectivity index (χ0) is 23.6. The van der Waals surface area contributed by atoms with Gasteiger partial charge in [-0.15, -0.1) is 10.2 Å². The SMILES string of the molecule is Nc1ccccc1C(=O)N=Nc1cc(NS(=O)(=O)c2ccc(Br)cc2)c2ccccc2c1O. The van der Waals surface area contributed by atoms with Crippen LogP contribution in [0.2, 0.25) is 0 Å². The van der Waals surface area contributed by atoms with E-state index < -0.39 is 15.9 Å². The number of phenolic OH excluding ortho intramolecular Hbond substituents is 1. The molecule has 166 valence electrons. The van der Waals surface area contributed by atoms with Gasteiger partial charge in [0, 0.05) is 20.9 Å². The van der Waals surface area contributed by atoms with Gasteiger partial charge in [0.1, 0.15) is 5.69 Å². The Morgan fingerprint density at radius 1 is 0.939 bits per heavy atom. The fraction of sp³-hybridized carbons (Fsp3) is 0. The highest BCUT2D eigenvalue weighted by molar-refractivity contribution is 9.10. The number of hydrogen-bond acceptors (Lipinski definition) is 6. The Labute approximate surface area is 198 Å². The number of nitrogens with two attached hydrogens (primary N) is 1. The van der Waals surface area contributed by atoms with Crippen LogP contribution < -0.4 is 10.5 Å². The highest BCUT2D eigenvalue weighted by atomic mass is 79.9. The summed E-state index contributed by atoms with van der Waals surface area (Å²) >= 11 is 3.28. The molecule has 0 radical (unpaired) electrons. The van der Waals surface area contributed by atoms with Crippen molar-refractivity contribution < 1.29 is 18.3 Å². The Kier molecular flexibility index (Phi) is 6.12. The molecule has 0 aliphatic rings. The molecule has 33 heavy (non-hydrogen) atoms. The topological polar surface area (TPSA) is 134 Å². The van der Waals surface area contributed by atoms with Gasteiger partial charge in [-0.3, -0.25) is 9.52 Å². The fourth-order valence-corrected chi connectivity index (χ4v) is 4.50. The van der Waals surface area contributed by atoms with Gasteiger partial charge in [-0.2, -0.15) is 0 Å². The second-order valence-corrected chi connectivity index (χ2v) is 9.59. The third kappa shape index (κ3) is 4.71. The lowest BCUT2D eigenvalue weighted by atomic mass is 10.1. The average Bonchev–Trinajstić information content (AvgIpc) is 2.80. The molecule has 0 aromatic heterocycles. The van der Waals surface area contributed by atoms with Crippen molar-refractivity contribution in [3.05, 3.63) is 88.9 Å². The molecule has 1 amide bonds. The lowest BCUT2D eigenvalue weighted by molar-refractivity contribution is 0.0996. The second-order valence-electron chi connectivity index (χ2n) is 6.99. The number of hydrogen-bond donors (Lipinski definition) is 3. The molecule has 0 unspecified atom stereocenters. The lowest BCUT2D eigenvalue weighted by Crippen LogP contribution is -2.13. The summed E-state index contributed by atoms with van der Waals surface area (Å²) in [6, 6.07) is 20.5. The van der Waals surface area contributed by atoms with Crippen molar-refractivity contribution in [1.29, 1.82) is 0 Å². The molecule has 4 aromatic carbocycles. The van der Waals surface area contributed by atoms with Crippen LogP contribution in [0.15, 0.2) is 98.5 Å². The minimum absolute atomic E-state index is 0.0563. The van der Waals surface area contributed by atoms with Crippen molar-refractivity contribution in [3.63, 3.8) is 0 Å². The van der Waals surface area contributed by atoms with E-state index in [-0.39, 0.29) is 33.3 Å². The van der Waals surface area contributed by atoms with Crippen LogP contribution in [0.5, 0.6) is 5.75 Å². The summed E-state index contributed by atoms with van der Waals surface area (Å²) in [5.74, 6) is -0.938. The maximum Gasteiger partial charge on any atom is 0.297 e. The minimum Gasteiger partial charge on any atom is -0.505 e. The summed E-state index contributed by atoms with van der Waals surface area (Å²) < 4.78 is 29.1. The maximum atomic E-state index is 12.9. The second kappa shape index (κ2) is 9.00. The van der Waals surface area contributed by atoms with Gasteiger partial charge < -0.3 is 10.8 Å². The van der Waals surface area contributed by atoms with Gasteiger partial charge in [0.25, 0.3) is 15.9 Å². The highest BCUT2D eigenvalue weighted by Gasteiger charge is 2.19. The number of phenols is 1. The van der Waals surface area contributed by atoms with Gasteiger partial charge in [-0.1, -0.05) is 52.3 Å². The van der Waals surface area contributed by atoms with Gasteiger partial charge in [0.05, 0.1) is 16.1 Å². The number of halogens is 1. The zero-order valence-electron chi connectivity index (χ0n) is 16.9. The summed E-state index contributed by atoms with van der Waals surface area (Å²) in [5.41, 5.74) is 6.30. The molecule has 0 saturated carbocycles. The number of carbonyl (C=O) groups is 1. The smallest absolute Gasteiger partial charge is 0.297 e. The number of benzene rings is 4. The first-order valence-electron chi connectivity index (χ1n) is 9.60. The van der Waals surface area contributed by atoms with Crippen LogP contribution in [0.25, 0.3) is 10.8 Å². The lowest BCUT2D eigenvalue weighted by Gasteiger charge is -2.13. The van der Waals surface area contributed by atoms with Gasteiger partial charge in [0.2, 0.25) is 0 Å². The number of fused-ring (bicyclic) bond motifs is 1. The molecular formula is C23H17BrN4O4S. The Morgan fingerprint density at radius 2 is 1.58 bits per heavy atom. The number of carbonyl (C=O) groups excluding carboxylic acids is 1. The van der Waals surface area contributed by atoms with Crippen LogP contribution in [0, 0.1) is 0 Å². The summed E-state index contributed by atoms with van der Waals surface area (Å²) in [7, 11) is -3.94. The van der Waals surface area contributed by atoms with E-state index in [1.54, 1.807) is 54.6 Å². The summed E-state index contributed by atoms with van der Waals surface area (Å²) in [4.78, 5) is 12.5. The fourth-order valence-electron chi connectivity index (χ4n) is 3.17. The number of rotatable bonds is 5. The first-order valence-corrected chi connectivity index (χ1v) is 11.9. The van der Waals surface area contributed by atoms with Crippen molar-refractivity contribution >= 4 is 59.7 Å². The number of azo groups is 1. The van der Waals surface area contributed by atoms with Crippen LogP contribution >= 0.6 is 15.9 Å². The highest BCUT2D eigenvalue weighted by Crippen LogP contribution is 2.40. The standard InChI is InChI=1S/C23H17BrN4O4S/c24-14-9-11-15(12-10-14)33(31,32)28-20-13-21(22(29)17-6-2-1-5-16(17)20)26-27-23(30)18-7-3-4-8-19(18)25/h1-13,28-29H,25H2. The number of amides is 1. The summed E-state index contributed by atoms with van der Waals surface area (Å²) in [6.45, 7) is 0. The molecule has 0 spiro atoms. The molecule has 0 heterocycles. The molecule has 8 nitrogen and oxygen atoms in total. The summed E-state index contributed by atoms with van der Waals surface area (Å²) in [5, 5.41) is 19.0. The number of anilines is 2. The third-order valence-electron chi connectivity index (χ3n) is 4.80. The van der Waals surface area contributed by atoms with Crippen molar-refractivity contribution in [2.45, 2.75) is 4.90 Å². The molecule has 0 fully saturated rings. The molecule has 4 N–H and O–H groups in total. The van der Waals surface area contributed by atoms with Crippen molar-refractivity contribution in [2.24, 2.45) is 10.2 Å². The number of sulfonamides is 1. The van der Waals surface area contributed by atoms with E-state index in [2.05, 4.69) is 30.9 Å². The van der Waals surface area contributed by atoms with Crippen LogP contribution in [0.3, 0.4) is 0 Å². The van der Waals surface area contributed by atoms with Crippen LogP contribution in [0.1, 0.15) is 10.4 Å². The van der Waals surface area contributed by atoms with E-state index in [4.69, 9.17) is 5.73 Å². The normalized spacial score (nSPS) is 11.7. The molecular weight excluding hydrogens is 508 g/mol. The third-order valence-corrected chi connectivity index (χ3v) is 6.71. The van der Waals surface area contributed by atoms with Crippen molar-refractivity contribution in [2.75, 3.05) is 10.5 Å². The van der Waals surface area contributed by atoms with E-state index in [0.29, 0.717) is 10.8 Å². The van der Waals surface area contributed by atoms with Gasteiger partial charge in [0.15, 0.2) is 5.75 Å². The molecule has 10 heteroatoms. The van der Waals surface area contributed by atoms with Crippen molar-refractivity contribution in [1.82, 2.24) is 0 Å². The number of nitrogen functional groups attached to an aromatic ring is 1. The minimum atomic E-state index is -3.94. The number of para-hydroxylation sites is 1. The van der Waals surface area contributed by atoms with E-state index in [0.717, 1.165) is 4.47 Å². The first-order chi connectivity index (χ1) is 15.8. The summed E-state index contributed by atoms with van der Waals surface area (Å²) in [6.07, 6.45) is 0. The number of nitrogens with zero attached hydrogens (tertiary/aromatic N) is 2. The average molecular weight is 525 g/mol. The van der Waals surface area contributed by atoms with Crippen LogP contribution in [-0.2, 0) is 10.0 Å². The predicted molar refractivity (Wildman–Crippen MR) is 130 cm³/mol. The molecule has 0 bridgehead atoms. The maximum absolute atomic E-state index is 12.9. The molecule has 0 atom stereocenters. The molecule has 0 aliphatic carbocycles. The predicted octanol–water partition coefficient (Wildman–Crippen LogP) is 5.62.